The highest BCUT2D eigenvalue weighted by Crippen LogP contribution is 2.49. The summed E-state index contributed by atoms with van der Waals surface area (Å²) in [7, 11) is 6.61. The molecule has 19 atom stereocenters. The average Bonchev–Trinajstić information content (AvgIpc) is 1.15. The number of benzene rings is 1. The van der Waals surface area contributed by atoms with Crippen LogP contribution in [0.1, 0.15) is 76.7 Å². The molecule has 6 aliphatic rings. The van der Waals surface area contributed by atoms with E-state index in [1.165, 1.54) is 60.5 Å². The first-order valence-corrected chi connectivity index (χ1v) is 30.9. The van der Waals surface area contributed by atoms with Crippen LogP contribution in [-0.2, 0) is 61.9 Å². The third-order valence-electron chi connectivity index (χ3n) is 15.5. The summed E-state index contributed by atoms with van der Waals surface area (Å²) < 4.78 is 72.4. The molecule has 1 aromatic rings. The first kappa shape index (κ1) is 70.0. The van der Waals surface area contributed by atoms with E-state index in [-0.39, 0.29) is 75.9 Å². The van der Waals surface area contributed by atoms with Crippen LogP contribution in [0.5, 0.6) is 17.2 Å². The number of amides is 2. The van der Waals surface area contributed by atoms with Crippen molar-refractivity contribution >= 4 is 74.1 Å². The number of halogens is 1. The third kappa shape index (κ3) is 15.8. The van der Waals surface area contributed by atoms with Crippen molar-refractivity contribution in [2.75, 3.05) is 54.5 Å². The number of hydroxylamine groups is 1. The van der Waals surface area contributed by atoms with Gasteiger partial charge in [-0.2, -0.15) is 5.48 Å². The lowest BCUT2D eigenvalue weighted by atomic mass is 9.75. The zero-order valence-corrected chi connectivity index (χ0v) is 53.9. The Morgan fingerprint density at radius 1 is 0.862 bits per heavy atom. The van der Waals surface area contributed by atoms with Gasteiger partial charge in [0.05, 0.1) is 97.0 Å². The zero-order chi connectivity index (χ0) is 63.8. The maximum atomic E-state index is 14.5. The fourth-order valence-electron chi connectivity index (χ4n) is 11.1. The van der Waals surface area contributed by atoms with Crippen molar-refractivity contribution in [1.82, 2.24) is 15.7 Å². The summed E-state index contributed by atoms with van der Waals surface area (Å²) in [5, 5.41) is 59.0. The number of fused-ring (bicyclic) bond motifs is 2. The summed E-state index contributed by atoms with van der Waals surface area (Å²) in [5.74, 6) is 10.3. The quantitative estimate of drug-likeness (QED) is 0.0558. The van der Waals surface area contributed by atoms with E-state index < -0.39 is 139 Å². The van der Waals surface area contributed by atoms with Gasteiger partial charge in [-0.25, -0.2) is 4.79 Å². The first-order valence-electron chi connectivity index (χ1n) is 27.9. The van der Waals surface area contributed by atoms with Gasteiger partial charge >= 0.3 is 6.09 Å². The van der Waals surface area contributed by atoms with Crippen molar-refractivity contribution in [2.45, 2.75) is 183 Å². The molecule has 0 spiro atoms. The van der Waals surface area contributed by atoms with Crippen LogP contribution in [0.3, 0.4) is 0 Å². The van der Waals surface area contributed by atoms with Crippen LogP contribution in [0.15, 0.2) is 35.1 Å². The summed E-state index contributed by atoms with van der Waals surface area (Å²) in [6.07, 6.45) is -15.6. The molecule has 0 radical (unpaired) electrons. The number of hydrogen-bond acceptors (Lipinski definition) is 26. The number of carbonyl (C=O) groups is 5. The second kappa shape index (κ2) is 31.0. The molecule has 4 saturated heterocycles. The first-order chi connectivity index (χ1) is 41.4. The summed E-state index contributed by atoms with van der Waals surface area (Å²) in [6.45, 7) is 11.5. The van der Waals surface area contributed by atoms with E-state index in [1.54, 1.807) is 32.6 Å². The monoisotopic (exact) mass is 1370 g/mol. The normalized spacial score (nSPS) is 35.0. The maximum absolute atomic E-state index is 14.5. The maximum Gasteiger partial charge on any atom is 0.411 e. The lowest BCUT2D eigenvalue weighted by Crippen LogP contribution is -2.65. The Bertz CT molecular complexity index is 2920. The largest absolute Gasteiger partial charge is 0.492 e. The number of nitrogens with zero attached hydrogens (tertiary/aromatic N) is 1. The molecule has 4 aliphatic heterocycles. The zero-order valence-electron chi connectivity index (χ0n) is 50.1. The van der Waals surface area contributed by atoms with Crippen molar-refractivity contribution < 1.29 is 111 Å². The molecule has 87 heavy (non-hydrogen) atoms. The number of hydrogen-bond donors (Lipinski definition) is 7. The van der Waals surface area contributed by atoms with Gasteiger partial charge < -0.3 is 87.3 Å². The fourth-order valence-corrected chi connectivity index (χ4v) is 13.3. The summed E-state index contributed by atoms with van der Waals surface area (Å²) >= 11 is 3.68. The van der Waals surface area contributed by atoms with Gasteiger partial charge in [-0.3, -0.25) is 29.3 Å². The number of thioether (sulfide) groups is 2. The highest BCUT2D eigenvalue weighted by Gasteiger charge is 2.52. The van der Waals surface area contributed by atoms with Gasteiger partial charge in [-0.05, 0) is 74.9 Å². The van der Waals surface area contributed by atoms with Gasteiger partial charge in [0.25, 0.3) is 0 Å². The number of methoxy groups -OCH3 is 5. The SMILES string of the molecule is CCN(C(C)=O)[C@H]1CO[C@@H](O[C@H]2[C@H](O[C@H]3C#C/C=C\C#C[C@]4(O)CC(=O)C(NC(=O)OC)=C3/C4=C\CSC(C)=O)O[C@H](C)[C@@H](NO[C@H]3C[C@H](O)[C@H](SC(=O)c4c(C)c(I)c(O[C@@H]5O[C@@H](C)[C@H](O)[C@@H](OC)[C@H]5O)c(OC)c4OC)[C@@H](C)O3)[C@@H]2O)C[C@@H]1OC. The lowest BCUT2D eigenvalue weighted by molar-refractivity contribution is -0.337. The molecule has 4 heterocycles. The molecule has 1 aromatic carbocycles. The van der Waals surface area contributed by atoms with Crippen LogP contribution in [0, 0.1) is 34.2 Å². The van der Waals surface area contributed by atoms with E-state index in [4.69, 9.17) is 61.7 Å². The van der Waals surface area contributed by atoms with Crippen molar-refractivity contribution in [3.05, 3.63) is 49.8 Å². The average molecular weight is 1370 g/mol. The van der Waals surface area contributed by atoms with Crippen molar-refractivity contribution in [3.63, 3.8) is 0 Å². The molecule has 29 heteroatoms. The number of aliphatic hydroxyl groups excluding tert-OH is 4. The Labute approximate surface area is 526 Å². The molecular weight excluding hydrogens is 1300 g/mol. The Balaban J connectivity index is 1.14. The van der Waals surface area contributed by atoms with Gasteiger partial charge in [0.2, 0.25) is 23.1 Å². The molecule has 4 fully saturated rings. The Kier molecular flexibility index (Phi) is 25.0. The molecule has 2 amide bonds. The molecular formula is C58H76IN3O23S2. The van der Waals surface area contributed by atoms with E-state index in [2.05, 4.69) is 34.5 Å². The number of nitrogens with one attached hydrogen (secondary N) is 2. The smallest absolute Gasteiger partial charge is 0.411 e. The molecule has 26 nitrogen and oxygen atoms in total. The molecule has 480 valence electrons. The number of likely N-dealkylation sites (N-methyl/N-ethyl adjacent to an activating group) is 1. The second-order valence-corrected chi connectivity index (χ2v) is 24.5. The lowest BCUT2D eigenvalue weighted by Gasteiger charge is -2.47. The molecule has 0 aromatic heterocycles. The number of rotatable bonds is 20. The Morgan fingerprint density at radius 3 is 2.20 bits per heavy atom. The number of aliphatic hydroxyl groups is 5. The predicted molar refractivity (Wildman–Crippen MR) is 319 cm³/mol. The number of carbonyl (C=O) groups excluding carboxylic acids is 5. The molecule has 2 bridgehead atoms. The Hall–Kier alpha value is -4.46. The molecule has 7 N–H and O–H groups in total. The van der Waals surface area contributed by atoms with E-state index in [0.29, 0.717) is 15.7 Å². The minimum Gasteiger partial charge on any atom is -0.492 e. The van der Waals surface area contributed by atoms with Gasteiger partial charge in [-0.1, -0.05) is 53.3 Å². The number of ketones is 1. The highest BCUT2D eigenvalue weighted by atomic mass is 127. The fraction of sp³-hybridized carbons (Fsp3) is 0.638. The van der Waals surface area contributed by atoms with E-state index in [1.807, 2.05) is 29.5 Å². The second-order valence-electron chi connectivity index (χ2n) is 21.1. The topological polar surface area (TPSA) is 334 Å². The predicted octanol–water partition coefficient (Wildman–Crippen LogP) is 2.08. The van der Waals surface area contributed by atoms with E-state index in [9.17, 15) is 49.5 Å². The van der Waals surface area contributed by atoms with Crippen molar-refractivity contribution in [2.24, 2.45) is 0 Å². The van der Waals surface area contributed by atoms with Gasteiger partial charge in [-0.15, -0.1) is 0 Å². The summed E-state index contributed by atoms with van der Waals surface area (Å²) in [5.41, 5.74) is 0.679. The molecule has 0 unspecified atom stereocenters. The highest BCUT2D eigenvalue weighted by molar-refractivity contribution is 14.1. The number of allylic oxidation sites excluding steroid dienone is 3. The van der Waals surface area contributed by atoms with Crippen molar-refractivity contribution in [1.29, 1.82) is 0 Å². The number of Topliss-reactive ketones (excluding diaryl/α,β-unsaturated/α-hetero) is 1. The molecule has 7 rings (SSSR count). The minimum atomic E-state index is -2.19. The van der Waals surface area contributed by atoms with Gasteiger partial charge in [0, 0.05) is 64.4 Å². The molecule has 2 aliphatic carbocycles. The summed E-state index contributed by atoms with van der Waals surface area (Å²) in [6, 6.07) is -1.67. The van der Waals surface area contributed by atoms with Crippen LogP contribution < -0.4 is 25.0 Å². The number of alkyl carbamates (subject to hydrolysis) is 1. The van der Waals surface area contributed by atoms with Crippen LogP contribution in [0.25, 0.3) is 0 Å². The van der Waals surface area contributed by atoms with Crippen LogP contribution in [0.4, 0.5) is 4.79 Å². The van der Waals surface area contributed by atoms with Crippen molar-refractivity contribution in [3.8, 4) is 40.9 Å². The standard InChI is InChI=1S/C58H76IN3O23S2/c1-13-62(30(6)63)33-25-78-38(23-37(33)73-8)83-51-46(68)43(27(3)80-56(51)82-36-18-16-14-15-17-20-58(72)24-35(66)44(60-57(71)77-12)41(36)32(58)19-21-86-31(7)64)61-85-39-22-34(65)53(29(5)79-39)87-54(70)40-26(2)42(59)49(52(76-11)48(40)74-9)84-55-47(69)50(75-10)45(67)28(4)81-55/h14-15,19,27-29,33-34,36-39,43,45-47,50-51,53,55-56,61,65,67-69,72H,13,21-25H2,1-12H3,(H,60,71)/b15-14-,32-19+/t27-,28+,29-,33+,34+,36+,37+,38+,39+,43-,45+,46+,47-,50-,51-,53-,55+,56+,58+/m1/s1. The van der Waals surface area contributed by atoms with E-state index >= 15 is 0 Å². The number of ether oxygens (including phenoxy) is 12. The van der Waals surface area contributed by atoms with Crippen LogP contribution in [-0.4, -0.2) is 228 Å². The molecule has 0 saturated carbocycles. The van der Waals surface area contributed by atoms with E-state index in [0.717, 1.165) is 30.6 Å². The minimum absolute atomic E-state index is 0.00568. The Morgan fingerprint density at radius 2 is 1.56 bits per heavy atom. The van der Waals surface area contributed by atoms with Gasteiger partial charge in [0.1, 0.15) is 36.6 Å². The van der Waals surface area contributed by atoms with Crippen LogP contribution in [0.2, 0.25) is 0 Å². The van der Waals surface area contributed by atoms with Crippen LogP contribution >= 0.6 is 46.1 Å². The summed E-state index contributed by atoms with van der Waals surface area (Å²) in [4.78, 5) is 74.0. The van der Waals surface area contributed by atoms with Gasteiger partial charge in [0.15, 0.2) is 46.9 Å². The third-order valence-corrected chi connectivity index (χ3v) is 18.9.